The molecule has 0 aromatic carbocycles. The van der Waals surface area contributed by atoms with E-state index in [1.807, 2.05) is 20.0 Å². The van der Waals surface area contributed by atoms with Crippen LogP contribution < -0.4 is 5.32 Å². The van der Waals surface area contributed by atoms with E-state index in [0.29, 0.717) is 12.0 Å². The topological polar surface area (TPSA) is 37.8 Å². The van der Waals surface area contributed by atoms with Gasteiger partial charge in [0.1, 0.15) is 6.33 Å². The summed E-state index contributed by atoms with van der Waals surface area (Å²) in [5.41, 5.74) is 2.15. The van der Waals surface area contributed by atoms with Crippen molar-refractivity contribution in [1.29, 1.82) is 0 Å². The Hall–Kier alpha value is -0.960. The molecule has 0 aliphatic heterocycles. The van der Waals surface area contributed by atoms with Crippen molar-refractivity contribution in [1.82, 2.24) is 15.3 Å². The van der Waals surface area contributed by atoms with E-state index in [0.717, 1.165) is 17.8 Å². The Morgan fingerprint density at radius 1 is 1.36 bits per heavy atom. The molecule has 0 radical (unpaired) electrons. The molecule has 0 aliphatic carbocycles. The van der Waals surface area contributed by atoms with Crippen molar-refractivity contribution >= 4 is 0 Å². The number of hydrogen-bond acceptors (Lipinski definition) is 3. The first-order chi connectivity index (χ1) is 6.63. The molecule has 0 fully saturated rings. The molecule has 1 heterocycles. The van der Waals surface area contributed by atoms with Gasteiger partial charge in [0.05, 0.1) is 0 Å². The van der Waals surface area contributed by atoms with Gasteiger partial charge in [-0.15, -0.1) is 0 Å². The summed E-state index contributed by atoms with van der Waals surface area (Å²) in [7, 11) is 2.00. The second kappa shape index (κ2) is 5.05. The normalized spacial score (nSPS) is 13.2. The predicted octanol–water partition coefficient (Wildman–Crippen LogP) is 1.57. The molecule has 0 saturated carbocycles. The van der Waals surface area contributed by atoms with E-state index < -0.39 is 0 Å². The largest absolute Gasteiger partial charge is 0.316 e. The van der Waals surface area contributed by atoms with Crippen molar-refractivity contribution in [2.45, 2.75) is 33.2 Å². The highest BCUT2D eigenvalue weighted by Gasteiger charge is 2.12. The van der Waals surface area contributed by atoms with Gasteiger partial charge in [-0.2, -0.15) is 0 Å². The maximum Gasteiger partial charge on any atom is 0.115 e. The molecule has 1 aromatic heterocycles. The van der Waals surface area contributed by atoms with Crippen LogP contribution in [-0.4, -0.2) is 23.1 Å². The van der Waals surface area contributed by atoms with Gasteiger partial charge in [0, 0.05) is 23.9 Å². The summed E-state index contributed by atoms with van der Waals surface area (Å²) in [6.45, 7) is 6.43. The molecule has 3 heteroatoms. The lowest BCUT2D eigenvalue weighted by Crippen LogP contribution is -2.33. The van der Waals surface area contributed by atoms with Crippen molar-refractivity contribution in [3.8, 4) is 0 Å². The highest BCUT2D eigenvalue weighted by Crippen LogP contribution is 2.08. The molecule has 1 rings (SSSR count). The van der Waals surface area contributed by atoms with Crippen LogP contribution in [0.15, 0.2) is 12.4 Å². The van der Waals surface area contributed by atoms with Gasteiger partial charge in [0.2, 0.25) is 0 Å². The lowest BCUT2D eigenvalue weighted by atomic mass is 9.99. The Balaban J connectivity index is 2.67. The first-order valence-electron chi connectivity index (χ1n) is 5.08. The SMILES string of the molecule is CNC(Cc1cc(C)ncn1)C(C)C. The maximum absolute atomic E-state index is 4.26. The average molecular weight is 193 g/mol. The molecule has 0 amide bonds. The minimum absolute atomic E-state index is 0.490. The molecule has 0 bridgehead atoms. The van der Waals surface area contributed by atoms with Gasteiger partial charge in [0.15, 0.2) is 0 Å². The van der Waals surface area contributed by atoms with E-state index in [2.05, 4.69) is 29.1 Å². The van der Waals surface area contributed by atoms with Crippen molar-refractivity contribution in [3.05, 3.63) is 23.8 Å². The molecule has 78 valence electrons. The lowest BCUT2D eigenvalue weighted by Gasteiger charge is -2.19. The number of nitrogens with one attached hydrogen (secondary N) is 1. The van der Waals surface area contributed by atoms with E-state index in [1.54, 1.807) is 6.33 Å². The van der Waals surface area contributed by atoms with E-state index in [4.69, 9.17) is 0 Å². The summed E-state index contributed by atoms with van der Waals surface area (Å²) in [6.07, 6.45) is 2.61. The van der Waals surface area contributed by atoms with Crippen molar-refractivity contribution in [3.63, 3.8) is 0 Å². The van der Waals surface area contributed by atoms with Crippen LogP contribution in [0.4, 0.5) is 0 Å². The number of likely N-dealkylation sites (N-methyl/N-ethyl adjacent to an activating group) is 1. The maximum atomic E-state index is 4.26. The third kappa shape index (κ3) is 3.07. The highest BCUT2D eigenvalue weighted by molar-refractivity contribution is 5.08. The average Bonchev–Trinajstić information content (AvgIpc) is 2.14. The summed E-state index contributed by atoms with van der Waals surface area (Å²) in [5, 5.41) is 3.31. The Labute approximate surface area is 86.0 Å². The van der Waals surface area contributed by atoms with E-state index in [9.17, 15) is 0 Å². The molecule has 1 aromatic rings. The molecular formula is C11H19N3. The summed E-state index contributed by atoms with van der Waals surface area (Å²) < 4.78 is 0. The number of rotatable bonds is 4. The predicted molar refractivity (Wildman–Crippen MR) is 58.2 cm³/mol. The minimum atomic E-state index is 0.490. The second-order valence-electron chi connectivity index (χ2n) is 3.99. The Morgan fingerprint density at radius 3 is 2.57 bits per heavy atom. The molecule has 0 aliphatic rings. The van der Waals surface area contributed by atoms with Crippen LogP contribution in [0, 0.1) is 12.8 Å². The second-order valence-corrected chi connectivity index (χ2v) is 3.99. The van der Waals surface area contributed by atoms with Crippen LogP contribution in [0.25, 0.3) is 0 Å². The summed E-state index contributed by atoms with van der Waals surface area (Å²) in [6, 6.07) is 2.54. The Bertz CT molecular complexity index is 284. The summed E-state index contributed by atoms with van der Waals surface area (Å²) >= 11 is 0. The van der Waals surface area contributed by atoms with Gasteiger partial charge in [-0.3, -0.25) is 0 Å². The van der Waals surface area contributed by atoms with Crippen LogP contribution in [0.1, 0.15) is 25.2 Å². The van der Waals surface area contributed by atoms with Crippen LogP contribution in [-0.2, 0) is 6.42 Å². The zero-order chi connectivity index (χ0) is 10.6. The zero-order valence-electron chi connectivity index (χ0n) is 9.41. The quantitative estimate of drug-likeness (QED) is 0.788. The molecule has 1 unspecified atom stereocenters. The zero-order valence-corrected chi connectivity index (χ0v) is 9.41. The van der Waals surface area contributed by atoms with Crippen molar-refractivity contribution in [2.75, 3.05) is 7.05 Å². The van der Waals surface area contributed by atoms with Crippen LogP contribution >= 0.6 is 0 Å². The fraction of sp³-hybridized carbons (Fsp3) is 0.636. The fourth-order valence-corrected chi connectivity index (χ4v) is 1.52. The lowest BCUT2D eigenvalue weighted by molar-refractivity contribution is 0.421. The molecule has 3 nitrogen and oxygen atoms in total. The van der Waals surface area contributed by atoms with Crippen molar-refractivity contribution < 1.29 is 0 Å². The molecule has 14 heavy (non-hydrogen) atoms. The minimum Gasteiger partial charge on any atom is -0.316 e. The number of aromatic nitrogens is 2. The smallest absolute Gasteiger partial charge is 0.115 e. The van der Waals surface area contributed by atoms with E-state index >= 15 is 0 Å². The van der Waals surface area contributed by atoms with Crippen LogP contribution in [0.5, 0.6) is 0 Å². The molecule has 1 N–H and O–H groups in total. The third-order valence-corrected chi connectivity index (χ3v) is 2.47. The Morgan fingerprint density at radius 2 is 2.07 bits per heavy atom. The first kappa shape index (κ1) is 11.1. The van der Waals surface area contributed by atoms with Gasteiger partial charge >= 0.3 is 0 Å². The summed E-state index contributed by atoms with van der Waals surface area (Å²) in [4.78, 5) is 8.34. The monoisotopic (exact) mass is 193 g/mol. The van der Waals surface area contributed by atoms with Gasteiger partial charge in [-0.25, -0.2) is 9.97 Å². The molecule has 0 spiro atoms. The Kier molecular flexibility index (Phi) is 4.01. The number of nitrogens with zero attached hydrogens (tertiary/aromatic N) is 2. The van der Waals surface area contributed by atoms with Crippen molar-refractivity contribution in [2.24, 2.45) is 5.92 Å². The van der Waals surface area contributed by atoms with E-state index in [-0.39, 0.29) is 0 Å². The molecule has 0 saturated heterocycles. The highest BCUT2D eigenvalue weighted by atomic mass is 14.9. The van der Waals surface area contributed by atoms with Gasteiger partial charge in [-0.05, 0) is 26.0 Å². The first-order valence-corrected chi connectivity index (χ1v) is 5.08. The molecule has 1 atom stereocenters. The van der Waals surface area contributed by atoms with Gasteiger partial charge < -0.3 is 5.32 Å². The standard InChI is InChI=1S/C11H19N3/c1-8(2)11(12-4)6-10-5-9(3)13-7-14-10/h5,7-8,11-12H,6H2,1-4H3. The number of aryl methyl sites for hydroxylation is 1. The third-order valence-electron chi connectivity index (χ3n) is 2.47. The fourth-order valence-electron chi connectivity index (χ4n) is 1.52. The van der Waals surface area contributed by atoms with Crippen LogP contribution in [0.3, 0.4) is 0 Å². The summed E-state index contributed by atoms with van der Waals surface area (Å²) in [5.74, 6) is 0.621. The van der Waals surface area contributed by atoms with Gasteiger partial charge in [-0.1, -0.05) is 13.8 Å². The van der Waals surface area contributed by atoms with Crippen LogP contribution in [0.2, 0.25) is 0 Å². The molecular weight excluding hydrogens is 174 g/mol. The van der Waals surface area contributed by atoms with Gasteiger partial charge in [0.25, 0.3) is 0 Å². The number of hydrogen-bond donors (Lipinski definition) is 1. The van der Waals surface area contributed by atoms with E-state index in [1.165, 1.54) is 0 Å².